The van der Waals surface area contributed by atoms with Gasteiger partial charge in [-0.1, -0.05) is 24.3 Å². The molecule has 0 radical (unpaired) electrons. The first-order valence-corrected chi connectivity index (χ1v) is 9.99. The van der Waals surface area contributed by atoms with E-state index in [9.17, 15) is 9.59 Å². The van der Waals surface area contributed by atoms with Crippen molar-refractivity contribution >= 4 is 23.5 Å². The van der Waals surface area contributed by atoms with Gasteiger partial charge in [0.1, 0.15) is 11.5 Å². The number of rotatable bonds is 7. The van der Waals surface area contributed by atoms with Gasteiger partial charge < -0.3 is 14.4 Å². The summed E-state index contributed by atoms with van der Waals surface area (Å²) in [5.74, 6) is 0.924. The Hall–Kier alpha value is -3.88. The third-order valence-corrected chi connectivity index (χ3v) is 5.03. The SMILES string of the molecule is CCOc1ccccc1N1C[C@@H](C(=O)Nc2n[nH]c(-c3ccccc3OC)n2)CC1=O. The van der Waals surface area contributed by atoms with Crippen molar-refractivity contribution in [1.29, 1.82) is 0 Å². The number of aromatic amines is 1. The molecule has 0 saturated carbocycles. The fourth-order valence-electron chi connectivity index (χ4n) is 3.56. The molecule has 0 aliphatic carbocycles. The van der Waals surface area contributed by atoms with Crippen molar-refractivity contribution < 1.29 is 19.1 Å². The second-order valence-corrected chi connectivity index (χ2v) is 7.00. The highest BCUT2D eigenvalue weighted by Gasteiger charge is 2.36. The molecule has 0 bridgehead atoms. The summed E-state index contributed by atoms with van der Waals surface area (Å²) in [7, 11) is 1.57. The Morgan fingerprint density at radius 1 is 1.19 bits per heavy atom. The first-order chi connectivity index (χ1) is 15.1. The second kappa shape index (κ2) is 8.86. The zero-order chi connectivity index (χ0) is 21.8. The molecule has 31 heavy (non-hydrogen) atoms. The number of methoxy groups -OCH3 is 1. The summed E-state index contributed by atoms with van der Waals surface area (Å²) in [4.78, 5) is 31.3. The Labute approximate surface area is 179 Å². The van der Waals surface area contributed by atoms with Crippen molar-refractivity contribution in [2.45, 2.75) is 13.3 Å². The molecule has 4 rings (SSSR count). The molecular formula is C22H23N5O4. The van der Waals surface area contributed by atoms with Gasteiger partial charge in [-0.15, -0.1) is 5.10 Å². The summed E-state index contributed by atoms with van der Waals surface area (Å²) >= 11 is 0. The van der Waals surface area contributed by atoms with E-state index in [0.717, 1.165) is 5.56 Å². The van der Waals surface area contributed by atoms with Gasteiger partial charge in [-0.2, -0.15) is 4.98 Å². The number of hydrogen-bond acceptors (Lipinski definition) is 6. The van der Waals surface area contributed by atoms with Crippen LogP contribution in [-0.2, 0) is 9.59 Å². The highest BCUT2D eigenvalue weighted by Crippen LogP contribution is 2.33. The van der Waals surface area contributed by atoms with Gasteiger partial charge in [0, 0.05) is 13.0 Å². The molecule has 1 fully saturated rings. The number of carbonyl (C=O) groups excluding carboxylic acids is 2. The molecule has 1 aromatic heterocycles. The highest BCUT2D eigenvalue weighted by atomic mass is 16.5. The number of nitrogens with zero attached hydrogens (tertiary/aromatic N) is 3. The Kier molecular flexibility index (Phi) is 5.83. The lowest BCUT2D eigenvalue weighted by atomic mass is 10.1. The molecule has 3 aromatic rings. The number of amides is 2. The van der Waals surface area contributed by atoms with Crippen LogP contribution in [0.1, 0.15) is 13.3 Å². The van der Waals surface area contributed by atoms with Crippen LogP contribution in [0.5, 0.6) is 11.5 Å². The van der Waals surface area contributed by atoms with Gasteiger partial charge in [0.2, 0.25) is 17.8 Å². The predicted molar refractivity (Wildman–Crippen MR) is 115 cm³/mol. The van der Waals surface area contributed by atoms with Crippen molar-refractivity contribution in [2.24, 2.45) is 5.92 Å². The van der Waals surface area contributed by atoms with Crippen molar-refractivity contribution in [3.8, 4) is 22.9 Å². The number of benzene rings is 2. The van der Waals surface area contributed by atoms with E-state index in [1.807, 2.05) is 55.5 Å². The minimum atomic E-state index is -0.518. The minimum absolute atomic E-state index is 0.107. The molecule has 1 saturated heterocycles. The monoisotopic (exact) mass is 421 g/mol. The lowest BCUT2D eigenvalue weighted by Crippen LogP contribution is -2.28. The molecule has 160 valence electrons. The van der Waals surface area contributed by atoms with Crippen LogP contribution >= 0.6 is 0 Å². The van der Waals surface area contributed by atoms with Gasteiger partial charge in [0.25, 0.3) is 0 Å². The first-order valence-electron chi connectivity index (χ1n) is 9.99. The average Bonchev–Trinajstić information content (AvgIpc) is 3.41. The highest BCUT2D eigenvalue weighted by molar-refractivity contribution is 6.03. The topological polar surface area (TPSA) is 109 Å². The molecular weight excluding hydrogens is 398 g/mol. The minimum Gasteiger partial charge on any atom is -0.496 e. The molecule has 0 spiro atoms. The number of carbonyl (C=O) groups is 2. The number of anilines is 2. The Morgan fingerprint density at radius 3 is 2.71 bits per heavy atom. The summed E-state index contributed by atoms with van der Waals surface area (Å²) in [6.45, 7) is 2.63. The van der Waals surface area contributed by atoms with E-state index in [1.54, 1.807) is 12.0 Å². The summed E-state index contributed by atoms with van der Waals surface area (Å²) in [6.07, 6.45) is 0.107. The van der Waals surface area contributed by atoms with Crippen molar-refractivity contribution in [3.05, 3.63) is 48.5 Å². The number of para-hydroxylation sites is 3. The number of aromatic nitrogens is 3. The molecule has 9 heteroatoms. The molecule has 1 aliphatic rings. The van der Waals surface area contributed by atoms with Crippen LogP contribution in [0, 0.1) is 5.92 Å². The molecule has 2 heterocycles. The standard InChI is InChI=1S/C22H23N5O4/c1-3-31-18-11-7-5-9-16(18)27-13-14(12-19(27)28)21(29)24-22-23-20(25-26-22)15-8-4-6-10-17(15)30-2/h4-11,14H,3,12-13H2,1-2H3,(H2,23,24,25,26,29)/t14-/m0/s1. The lowest BCUT2D eigenvalue weighted by Gasteiger charge is -2.19. The van der Waals surface area contributed by atoms with E-state index < -0.39 is 5.92 Å². The summed E-state index contributed by atoms with van der Waals surface area (Å²) in [5, 5.41) is 9.58. The maximum absolute atomic E-state index is 12.8. The normalized spacial score (nSPS) is 15.7. The molecule has 2 N–H and O–H groups in total. The zero-order valence-electron chi connectivity index (χ0n) is 17.3. The van der Waals surface area contributed by atoms with Crippen LogP contribution in [0.15, 0.2) is 48.5 Å². The van der Waals surface area contributed by atoms with Crippen molar-refractivity contribution in [1.82, 2.24) is 15.2 Å². The van der Waals surface area contributed by atoms with E-state index in [4.69, 9.17) is 9.47 Å². The summed E-state index contributed by atoms with van der Waals surface area (Å²) < 4.78 is 11.0. The molecule has 0 unspecified atom stereocenters. The van der Waals surface area contributed by atoms with Gasteiger partial charge in [0.05, 0.1) is 30.9 Å². The molecule has 2 aromatic carbocycles. The van der Waals surface area contributed by atoms with Gasteiger partial charge in [0.15, 0.2) is 5.82 Å². The van der Waals surface area contributed by atoms with Crippen LogP contribution in [0.3, 0.4) is 0 Å². The maximum atomic E-state index is 12.8. The second-order valence-electron chi connectivity index (χ2n) is 7.00. The smallest absolute Gasteiger partial charge is 0.249 e. The van der Waals surface area contributed by atoms with Crippen LogP contribution in [0.25, 0.3) is 11.4 Å². The third-order valence-electron chi connectivity index (χ3n) is 5.03. The number of hydrogen-bond donors (Lipinski definition) is 2. The van der Waals surface area contributed by atoms with Crippen LogP contribution in [-0.4, -0.2) is 47.3 Å². The molecule has 9 nitrogen and oxygen atoms in total. The Balaban J connectivity index is 1.46. The third kappa shape index (κ3) is 4.20. The fourth-order valence-corrected chi connectivity index (χ4v) is 3.56. The van der Waals surface area contributed by atoms with Gasteiger partial charge in [-0.05, 0) is 31.2 Å². The molecule has 1 aliphatic heterocycles. The zero-order valence-corrected chi connectivity index (χ0v) is 17.3. The maximum Gasteiger partial charge on any atom is 0.249 e. The van der Waals surface area contributed by atoms with Gasteiger partial charge in [-0.25, -0.2) is 0 Å². The Morgan fingerprint density at radius 2 is 1.94 bits per heavy atom. The summed E-state index contributed by atoms with van der Waals surface area (Å²) in [5.41, 5.74) is 1.40. The van der Waals surface area contributed by atoms with Crippen molar-refractivity contribution in [3.63, 3.8) is 0 Å². The van der Waals surface area contributed by atoms with Gasteiger partial charge in [-0.3, -0.25) is 20.0 Å². The molecule has 2 amide bonds. The predicted octanol–water partition coefficient (Wildman–Crippen LogP) is 2.87. The van der Waals surface area contributed by atoms with Crippen molar-refractivity contribution in [2.75, 3.05) is 30.5 Å². The van der Waals surface area contributed by atoms with E-state index in [-0.39, 0.29) is 30.7 Å². The Bertz CT molecular complexity index is 1100. The van der Waals surface area contributed by atoms with Gasteiger partial charge >= 0.3 is 0 Å². The van der Waals surface area contributed by atoms with Crippen LogP contribution < -0.4 is 19.7 Å². The lowest BCUT2D eigenvalue weighted by molar-refractivity contribution is -0.122. The first kappa shape index (κ1) is 20.4. The fraction of sp³-hybridized carbons (Fsp3) is 0.273. The van der Waals surface area contributed by atoms with E-state index in [0.29, 0.717) is 29.6 Å². The quantitative estimate of drug-likeness (QED) is 0.607. The van der Waals surface area contributed by atoms with Crippen LogP contribution in [0.4, 0.5) is 11.6 Å². The largest absolute Gasteiger partial charge is 0.496 e. The number of H-pyrrole nitrogens is 1. The number of nitrogens with one attached hydrogen (secondary N) is 2. The van der Waals surface area contributed by atoms with Crippen LogP contribution in [0.2, 0.25) is 0 Å². The van der Waals surface area contributed by atoms with E-state index >= 15 is 0 Å². The van der Waals surface area contributed by atoms with E-state index in [1.165, 1.54) is 0 Å². The molecule has 1 atom stereocenters. The number of ether oxygens (including phenoxy) is 2. The van der Waals surface area contributed by atoms with E-state index in [2.05, 4.69) is 20.5 Å². The average molecular weight is 421 g/mol. The summed E-state index contributed by atoms with van der Waals surface area (Å²) in [6, 6.07) is 14.7.